The number of H-pyrrole nitrogens is 1. The highest BCUT2D eigenvalue weighted by atomic mass is 32.2. The molecule has 0 aliphatic rings. The Balaban J connectivity index is 1.71. The molecule has 27 heavy (non-hydrogen) atoms. The highest BCUT2D eigenvalue weighted by molar-refractivity contribution is 7.94. The predicted octanol–water partition coefficient (Wildman–Crippen LogP) is 2.75. The monoisotopic (exact) mass is 423 g/mol. The number of rotatable bonds is 7. The Morgan fingerprint density at radius 1 is 1.33 bits per heavy atom. The fourth-order valence-corrected chi connectivity index (χ4v) is 4.74. The Morgan fingerprint density at radius 3 is 2.85 bits per heavy atom. The van der Waals surface area contributed by atoms with Crippen molar-refractivity contribution in [3.63, 3.8) is 0 Å². The van der Waals surface area contributed by atoms with E-state index in [1.807, 2.05) is 6.92 Å². The van der Waals surface area contributed by atoms with Gasteiger partial charge >= 0.3 is 0 Å². The van der Waals surface area contributed by atoms with Gasteiger partial charge in [0, 0.05) is 17.8 Å². The third kappa shape index (κ3) is 4.43. The number of amides is 1. The first kappa shape index (κ1) is 19.3. The van der Waals surface area contributed by atoms with Crippen molar-refractivity contribution in [2.24, 2.45) is 0 Å². The van der Waals surface area contributed by atoms with Crippen LogP contribution < -0.4 is 10.0 Å². The zero-order valence-electron chi connectivity index (χ0n) is 14.3. The molecule has 142 valence electrons. The van der Waals surface area contributed by atoms with Gasteiger partial charge in [-0.1, -0.05) is 12.1 Å². The molecule has 0 bridgehead atoms. The molecule has 0 unspecified atom stereocenters. The SMILES string of the molecule is CCn1c(CNC(=O)c2cccc(NS(=O)(=O)c3cccs3)c2)n[nH]c1=S. The van der Waals surface area contributed by atoms with Crippen LogP contribution in [0.15, 0.2) is 46.0 Å². The van der Waals surface area contributed by atoms with Crippen LogP contribution in [-0.2, 0) is 23.1 Å². The van der Waals surface area contributed by atoms with Crippen LogP contribution in [0.3, 0.4) is 0 Å². The number of anilines is 1. The molecule has 0 atom stereocenters. The standard InChI is InChI=1S/C16H17N5O3S3/c1-2-21-13(18-19-16(21)25)10-17-15(22)11-5-3-6-12(9-11)20-27(23,24)14-7-4-8-26-14/h3-9,20H,2,10H2,1H3,(H,17,22)(H,19,25). The molecule has 1 amide bonds. The van der Waals surface area contributed by atoms with E-state index in [2.05, 4.69) is 20.2 Å². The average molecular weight is 424 g/mol. The summed E-state index contributed by atoms with van der Waals surface area (Å²) in [5, 5.41) is 11.2. The summed E-state index contributed by atoms with van der Waals surface area (Å²) < 4.78 is 29.6. The van der Waals surface area contributed by atoms with Gasteiger partial charge in [0.05, 0.1) is 6.54 Å². The van der Waals surface area contributed by atoms with Crippen LogP contribution >= 0.6 is 23.6 Å². The Bertz CT molecular complexity index is 1100. The van der Waals surface area contributed by atoms with Gasteiger partial charge in [-0.05, 0) is 48.8 Å². The second-order valence-electron chi connectivity index (χ2n) is 5.49. The van der Waals surface area contributed by atoms with Crippen LogP contribution in [0, 0.1) is 4.77 Å². The van der Waals surface area contributed by atoms with E-state index in [-0.39, 0.29) is 16.7 Å². The van der Waals surface area contributed by atoms with E-state index in [1.165, 1.54) is 12.1 Å². The summed E-state index contributed by atoms with van der Waals surface area (Å²) in [7, 11) is -3.67. The molecule has 3 rings (SSSR count). The van der Waals surface area contributed by atoms with E-state index in [9.17, 15) is 13.2 Å². The number of nitrogens with one attached hydrogen (secondary N) is 3. The molecule has 11 heteroatoms. The van der Waals surface area contributed by atoms with Crippen LogP contribution in [0.4, 0.5) is 5.69 Å². The highest BCUT2D eigenvalue weighted by Crippen LogP contribution is 2.20. The van der Waals surface area contributed by atoms with Crippen molar-refractivity contribution in [1.29, 1.82) is 0 Å². The van der Waals surface area contributed by atoms with E-state index < -0.39 is 10.0 Å². The zero-order valence-corrected chi connectivity index (χ0v) is 16.7. The second kappa shape index (κ2) is 8.03. The summed E-state index contributed by atoms with van der Waals surface area (Å²) in [4.78, 5) is 12.4. The van der Waals surface area contributed by atoms with E-state index in [0.717, 1.165) is 11.3 Å². The van der Waals surface area contributed by atoms with Gasteiger partial charge in [0.2, 0.25) is 0 Å². The first-order valence-electron chi connectivity index (χ1n) is 7.99. The van der Waals surface area contributed by atoms with Crippen molar-refractivity contribution in [3.05, 3.63) is 57.9 Å². The minimum atomic E-state index is -3.67. The Morgan fingerprint density at radius 2 is 2.15 bits per heavy atom. The summed E-state index contributed by atoms with van der Waals surface area (Å²) in [6.07, 6.45) is 0. The topological polar surface area (TPSA) is 109 Å². The van der Waals surface area contributed by atoms with Crippen LogP contribution in [-0.4, -0.2) is 29.1 Å². The van der Waals surface area contributed by atoms with E-state index in [4.69, 9.17) is 12.2 Å². The third-order valence-corrected chi connectivity index (χ3v) is 6.79. The minimum Gasteiger partial charge on any atom is -0.345 e. The second-order valence-corrected chi connectivity index (χ2v) is 8.73. The molecule has 0 radical (unpaired) electrons. The lowest BCUT2D eigenvalue weighted by Crippen LogP contribution is -2.25. The molecule has 1 aromatic carbocycles. The number of benzene rings is 1. The van der Waals surface area contributed by atoms with Gasteiger partial charge in [0.25, 0.3) is 15.9 Å². The molecule has 8 nitrogen and oxygen atoms in total. The fourth-order valence-electron chi connectivity index (χ4n) is 2.42. The van der Waals surface area contributed by atoms with Gasteiger partial charge in [-0.3, -0.25) is 14.6 Å². The number of nitrogens with zero attached hydrogens (tertiary/aromatic N) is 2. The van der Waals surface area contributed by atoms with Crippen LogP contribution in [0.25, 0.3) is 0 Å². The molecule has 0 spiro atoms. The third-order valence-electron chi connectivity index (χ3n) is 3.70. The molecule has 0 saturated carbocycles. The maximum atomic E-state index is 12.4. The number of hydrogen-bond acceptors (Lipinski definition) is 6. The number of thiophene rings is 1. The van der Waals surface area contributed by atoms with Gasteiger partial charge in [-0.2, -0.15) is 5.10 Å². The van der Waals surface area contributed by atoms with Crippen LogP contribution in [0.2, 0.25) is 0 Å². The largest absolute Gasteiger partial charge is 0.345 e. The van der Waals surface area contributed by atoms with Gasteiger partial charge in [0.1, 0.15) is 4.21 Å². The van der Waals surface area contributed by atoms with Crippen LogP contribution in [0.1, 0.15) is 23.1 Å². The van der Waals surface area contributed by atoms with Gasteiger partial charge in [0.15, 0.2) is 10.6 Å². The summed E-state index contributed by atoms with van der Waals surface area (Å²) >= 11 is 6.23. The van der Waals surface area contributed by atoms with Gasteiger partial charge < -0.3 is 9.88 Å². The molecule has 0 aliphatic heterocycles. The number of sulfonamides is 1. The number of aromatic nitrogens is 3. The normalized spacial score (nSPS) is 11.3. The van der Waals surface area contributed by atoms with Gasteiger partial charge in [-0.15, -0.1) is 11.3 Å². The summed E-state index contributed by atoms with van der Waals surface area (Å²) in [6.45, 7) is 2.77. The van der Waals surface area contributed by atoms with Crippen molar-refractivity contribution in [2.45, 2.75) is 24.2 Å². The Labute approximate surface area is 165 Å². The van der Waals surface area contributed by atoms with Crippen molar-refractivity contribution in [3.8, 4) is 0 Å². The lowest BCUT2D eigenvalue weighted by molar-refractivity contribution is 0.0949. The van der Waals surface area contributed by atoms with E-state index in [1.54, 1.807) is 34.2 Å². The van der Waals surface area contributed by atoms with Gasteiger partial charge in [-0.25, -0.2) is 8.42 Å². The molecule has 2 heterocycles. The molecule has 0 aliphatic carbocycles. The predicted molar refractivity (Wildman–Crippen MR) is 106 cm³/mol. The molecule has 3 aromatic rings. The summed E-state index contributed by atoms with van der Waals surface area (Å²) in [5.41, 5.74) is 0.644. The average Bonchev–Trinajstić information content (AvgIpc) is 3.29. The molecular formula is C16H17N5O3S3. The van der Waals surface area contributed by atoms with Crippen LogP contribution in [0.5, 0.6) is 0 Å². The molecular weight excluding hydrogens is 406 g/mol. The quantitative estimate of drug-likeness (QED) is 0.506. The van der Waals surface area contributed by atoms with Crippen molar-refractivity contribution >= 4 is 45.2 Å². The Hall–Kier alpha value is -2.50. The number of carbonyl (C=O) groups excluding carboxylic acids is 1. The van der Waals surface area contributed by atoms with Crippen molar-refractivity contribution < 1.29 is 13.2 Å². The maximum Gasteiger partial charge on any atom is 0.271 e. The first-order valence-corrected chi connectivity index (χ1v) is 10.8. The molecule has 2 aromatic heterocycles. The fraction of sp³-hybridized carbons (Fsp3) is 0.188. The zero-order chi connectivity index (χ0) is 19.4. The van der Waals surface area contributed by atoms with E-state index >= 15 is 0 Å². The lowest BCUT2D eigenvalue weighted by Gasteiger charge is -2.09. The highest BCUT2D eigenvalue weighted by Gasteiger charge is 2.16. The Kier molecular flexibility index (Phi) is 5.73. The molecule has 3 N–H and O–H groups in total. The summed E-state index contributed by atoms with van der Waals surface area (Å²) in [5.74, 6) is 0.272. The lowest BCUT2D eigenvalue weighted by atomic mass is 10.2. The van der Waals surface area contributed by atoms with E-state index in [0.29, 0.717) is 28.4 Å². The summed E-state index contributed by atoms with van der Waals surface area (Å²) in [6, 6.07) is 9.47. The first-order chi connectivity index (χ1) is 12.9. The molecule has 0 fully saturated rings. The number of aromatic amines is 1. The smallest absolute Gasteiger partial charge is 0.271 e. The van der Waals surface area contributed by atoms with Crippen molar-refractivity contribution in [2.75, 3.05) is 4.72 Å². The number of hydrogen-bond donors (Lipinski definition) is 3. The number of carbonyl (C=O) groups is 1. The van der Waals surface area contributed by atoms with Crippen molar-refractivity contribution in [1.82, 2.24) is 20.1 Å². The molecule has 0 saturated heterocycles. The minimum absolute atomic E-state index is 0.199. The maximum absolute atomic E-state index is 12.4.